The Hall–Kier alpha value is -4.81. The molecule has 0 aromatic carbocycles. The molecular formula is C35H62N10O9. The SMILES string of the molecule is CC(C)C(=O)[C@@H](CC(=O)O)NC(=O)C(C)(C)NC(=O)[C@H](CCCN=C(N)N)NC(=O)[C@H](CC(N)=O)NC(=O)[C@@H](NC(=O)[C@@H]1CCCN1C(C)C)C(C)(C)C. The number of hydrogen-bond donors (Lipinski definition) is 9. The van der Waals surface area contributed by atoms with Crippen LogP contribution in [-0.4, -0.2) is 118 Å². The number of carboxylic acid groups (broad SMARTS) is 1. The predicted molar refractivity (Wildman–Crippen MR) is 200 cm³/mol. The first-order valence-electron chi connectivity index (χ1n) is 18.2. The normalized spacial score (nSPS) is 17.1. The Morgan fingerprint density at radius 3 is 1.89 bits per heavy atom. The summed E-state index contributed by atoms with van der Waals surface area (Å²) >= 11 is 0. The van der Waals surface area contributed by atoms with Crippen LogP contribution < -0.4 is 43.8 Å². The Balaban J connectivity index is 3.32. The van der Waals surface area contributed by atoms with Crippen LogP contribution in [0.15, 0.2) is 4.99 Å². The molecule has 0 unspecified atom stereocenters. The Morgan fingerprint density at radius 2 is 1.39 bits per heavy atom. The molecule has 0 aromatic heterocycles. The molecule has 0 spiro atoms. The van der Waals surface area contributed by atoms with Crippen LogP contribution in [0.25, 0.3) is 0 Å². The number of Topliss-reactive ketones (excluding diaryl/α,β-unsaturated/α-hetero) is 1. The lowest BCUT2D eigenvalue weighted by Crippen LogP contribution is -2.63. The Bertz CT molecular complexity index is 1420. The van der Waals surface area contributed by atoms with Crippen molar-refractivity contribution in [1.82, 2.24) is 31.5 Å². The van der Waals surface area contributed by atoms with Crippen molar-refractivity contribution in [3.8, 4) is 0 Å². The Labute approximate surface area is 317 Å². The van der Waals surface area contributed by atoms with Gasteiger partial charge in [0.15, 0.2) is 11.7 Å². The fraction of sp³-hybridized carbons (Fsp3) is 0.743. The van der Waals surface area contributed by atoms with Gasteiger partial charge < -0.3 is 48.9 Å². The molecule has 306 valence electrons. The summed E-state index contributed by atoms with van der Waals surface area (Å²) in [6, 6.07) is -5.79. The standard InChI is InChI=1S/C35H62N10O9/c1-18(2)26(49)21(17-25(47)48)42-32(54)35(8,9)44-29(51)20(12-10-14-39-33(37)38)40-28(50)22(16-24(36)46)41-31(53)27(34(5,6)7)43-30(52)23-13-11-15-45(23)19(3)4/h18-23,27H,10-17H2,1-9H3,(H2,36,46)(H,40,50)(H,41,53)(H,42,54)(H,43,52)(H,44,51)(H,47,48)(H4,37,38,39)/t20-,21+,22-,23-,27+/m0/s1. The van der Waals surface area contributed by atoms with Gasteiger partial charge in [-0.25, -0.2) is 0 Å². The molecule has 0 aromatic rings. The summed E-state index contributed by atoms with van der Waals surface area (Å²) in [6.45, 7) is 15.7. The summed E-state index contributed by atoms with van der Waals surface area (Å²) in [6.07, 6.45) is 0.169. The second-order valence-electron chi connectivity index (χ2n) is 15.8. The zero-order valence-corrected chi connectivity index (χ0v) is 33.0. The number of carbonyl (C=O) groups excluding carboxylic acids is 7. The fourth-order valence-corrected chi connectivity index (χ4v) is 5.90. The van der Waals surface area contributed by atoms with Crippen molar-refractivity contribution < 1.29 is 43.5 Å². The van der Waals surface area contributed by atoms with E-state index in [-0.39, 0.29) is 37.3 Å². The van der Waals surface area contributed by atoms with Crippen LogP contribution in [0.1, 0.15) is 101 Å². The summed E-state index contributed by atoms with van der Waals surface area (Å²) in [7, 11) is 0. The third kappa shape index (κ3) is 15.3. The van der Waals surface area contributed by atoms with Crippen LogP contribution in [0.3, 0.4) is 0 Å². The molecule has 1 rings (SSSR count). The van der Waals surface area contributed by atoms with Gasteiger partial charge in [-0.3, -0.25) is 48.2 Å². The first-order chi connectivity index (χ1) is 24.8. The molecule has 1 aliphatic rings. The number of ketones is 1. The number of amides is 6. The van der Waals surface area contributed by atoms with Gasteiger partial charge in [0, 0.05) is 18.5 Å². The van der Waals surface area contributed by atoms with Crippen molar-refractivity contribution in [2.24, 2.45) is 33.5 Å². The molecule has 0 bridgehead atoms. The van der Waals surface area contributed by atoms with Gasteiger partial charge in [0.05, 0.1) is 24.9 Å². The quantitative estimate of drug-likeness (QED) is 0.0361. The molecule has 19 heteroatoms. The van der Waals surface area contributed by atoms with E-state index in [0.29, 0.717) is 6.42 Å². The number of nitrogens with two attached hydrogens (primary N) is 3. The highest BCUT2D eigenvalue weighted by molar-refractivity contribution is 5.99. The van der Waals surface area contributed by atoms with E-state index in [9.17, 15) is 43.5 Å². The van der Waals surface area contributed by atoms with Crippen LogP contribution in [0.2, 0.25) is 0 Å². The van der Waals surface area contributed by atoms with Gasteiger partial charge in [-0.2, -0.15) is 0 Å². The highest BCUT2D eigenvalue weighted by Crippen LogP contribution is 2.24. The van der Waals surface area contributed by atoms with Crippen LogP contribution >= 0.6 is 0 Å². The van der Waals surface area contributed by atoms with Gasteiger partial charge in [0.1, 0.15) is 23.7 Å². The number of nitrogens with one attached hydrogen (secondary N) is 5. The molecule has 5 atom stereocenters. The lowest BCUT2D eigenvalue weighted by Gasteiger charge is -2.34. The summed E-state index contributed by atoms with van der Waals surface area (Å²) in [4.78, 5) is 110. The summed E-state index contributed by atoms with van der Waals surface area (Å²) in [5, 5.41) is 22.1. The number of guanidine groups is 1. The van der Waals surface area contributed by atoms with Gasteiger partial charge in [0.25, 0.3) is 0 Å². The predicted octanol–water partition coefficient (Wildman–Crippen LogP) is -1.63. The van der Waals surface area contributed by atoms with Crippen molar-refractivity contribution in [2.75, 3.05) is 13.1 Å². The lowest BCUT2D eigenvalue weighted by atomic mass is 9.85. The fourth-order valence-electron chi connectivity index (χ4n) is 5.90. The molecule has 1 heterocycles. The largest absolute Gasteiger partial charge is 0.481 e. The maximum atomic E-state index is 13.8. The average Bonchev–Trinajstić information content (AvgIpc) is 3.53. The van der Waals surface area contributed by atoms with Gasteiger partial charge in [-0.05, 0) is 65.3 Å². The molecule has 0 radical (unpaired) electrons. The van der Waals surface area contributed by atoms with E-state index in [1.165, 1.54) is 13.8 Å². The van der Waals surface area contributed by atoms with Gasteiger partial charge in [0.2, 0.25) is 35.4 Å². The number of aliphatic imine (C=N–C) groups is 1. The molecule has 6 amide bonds. The number of carbonyl (C=O) groups is 8. The highest BCUT2D eigenvalue weighted by atomic mass is 16.4. The second-order valence-corrected chi connectivity index (χ2v) is 15.8. The molecule has 1 fully saturated rings. The van der Waals surface area contributed by atoms with Gasteiger partial charge >= 0.3 is 5.97 Å². The highest BCUT2D eigenvalue weighted by Gasteiger charge is 2.41. The van der Waals surface area contributed by atoms with Crippen LogP contribution in [0.5, 0.6) is 0 Å². The number of aliphatic carboxylic acids is 1. The summed E-state index contributed by atoms with van der Waals surface area (Å²) in [5.41, 5.74) is 13.7. The Morgan fingerprint density at radius 1 is 0.796 bits per heavy atom. The molecular weight excluding hydrogens is 704 g/mol. The molecule has 0 saturated carbocycles. The monoisotopic (exact) mass is 766 g/mol. The first-order valence-corrected chi connectivity index (χ1v) is 18.2. The smallest absolute Gasteiger partial charge is 0.305 e. The number of nitrogens with zero attached hydrogens (tertiary/aromatic N) is 2. The van der Waals surface area contributed by atoms with Crippen molar-refractivity contribution >= 4 is 53.2 Å². The number of likely N-dealkylation sites (tertiary alicyclic amines) is 1. The second kappa shape index (κ2) is 20.6. The van der Waals surface area contributed by atoms with Gasteiger partial charge in [-0.1, -0.05) is 34.6 Å². The molecule has 19 nitrogen and oxygen atoms in total. The summed E-state index contributed by atoms with van der Waals surface area (Å²) < 4.78 is 0. The summed E-state index contributed by atoms with van der Waals surface area (Å²) in [5.74, 6) is -7.39. The third-order valence-electron chi connectivity index (χ3n) is 8.89. The first kappa shape index (κ1) is 47.2. The zero-order chi connectivity index (χ0) is 41.7. The van der Waals surface area contributed by atoms with Crippen LogP contribution in [-0.2, 0) is 38.4 Å². The van der Waals surface area contributed by atoms with E-state index < -0.39 is 101 Å². The molecule has 0 aliphatic carbocycles. The Kier molecular flexibility index (Phi) is 18.0. The van der Waals surface area contributed by atoms with Crippen molar-refractivity contribution in [3.63, 3.8) is 0 Å². The third-order valence-corrected chi connectivity index (χ3v) is 8.89. The maximum Gasteiger partial charge on any atom is 0.305 e. The molecule has 1 aliphatic heterocycles. The topological polar surface area (TPSA) is 311 Å². The minimum atomic E-state index is -1.72. The molecule has 12 N–H and O–H groups in total. The minimum absolute atomic E-state index is 0.0592. The zero-order valence-electron chi connectivity index (χ0n) is 33.0. The number of primary amides is 1. The van der Waals surface area contributed by atoms with E-state index in [0.717, 1.165) is 13.0 Å². The lowest BCUT2D eigenvalue weighted by molar-refractivity contribution is -0.142. The minimum Gasteiger partial charge on any atom is -0.481 e. The van der Waals surface area contributed by atoms with E-state index >= 15 is 0 Å². The number of carboxylic acids is 1. The van der Waals surface area contributed by atoms with Crippen LogP contribution in [0, 0.1) is 11.3 Å². The van der Waals surface area contributed by atoms with E-state index in [2.05, 4.69) is 31.6 Å². The van der Waals surface area contributed by atoms with Crippen molar-refractivity contribution in [2.45, 2.75) is 143 Å². The molecule has 1 saturated heterocycles. The van der Waals surface area contributed by atoms with Crippen molar-refractivity contribution in [1.29, 1.82) is 0 Å². The van der Waals surface area contributed by atoms with E-state index in [1.807, 2.05) is 18.7 Å². The van der Waals surface area contributed by atoms with E-state index in [1.54, 1.807) is 34.6 Å². The van der Waals surface area contributed by atoms with Gasteiger partial charge in [-0.15, -0.1) is 0 Å². The number of rotatable bonds is 21. The van der Waals surface area contributed by atoms with Crippen LogP contribution in [0.4, 0.5) is 0 Å². The average molecular weight is 767 g/mol. The number of hydrogen-bond acceptors (Lipinski definition) is 10. The molecule has 54 heavy (non-hydrogen) atoms. The van der Waals surface area contributed by atoms with E-state index in [4.69, 9.17) is 17.2 Å². The van der Waals surface area contributed by atoms with Crippen molar-refractivity contribution in [3.05, 3.63) is 0 Å². The maximum absolute atomic E-state index is 13.8.